The Morgan fingerprint density at radius 1 is 1.11 bits per heavy atom. The third-order valence-electron chi connectivity index (χ3n) is 4.87. The summed E-state index contributed by atoms with van der Waals surface area (Å²) in [5.41, 5.74) is 3.60. The highest BCUT2D eigenvalue weighted by atomic mass is 32.2. The summed E-state index contributed by atoms with van der Waals surface area (Å²) in [6.07, 6.45) is 3.90. The van der Waals surface area contributed by atoms with Crippen molar-refractivity contribution in [1.29, 1.82) is 0 Å². The van der Waals surface area contributed by atoms with E-state index in [0.29, 0.717) is 13.0 Å². The van der Waals surface area contributed by atoms with Crippen LogP contribution in [0, 0.1) is 0 Å². The lowest BCUT2D eigenvalue weighted by Gasteiger charge is -2.26. The number of sulfonamides is 1. The van der Waals surface area contributed by atoms with Crippen LogP contribution in [0.15, 0.2) is 53.4 Å². The molecule has 3 rings (SSSR count). The molecule has 0 unspecified atom stereocenters. The summed E-state index contributed by atoms with van der Waals surface area (Å²) < 4.78 is 22.5. The number of hydrogen-bond donors (Lipinski definition) is 3. The van der Waals surface area contributed by atoms with Gasteiger partial charge in [-0.3, -0.25) is 4.79 Å². The van der Waals surface area contributed by atoms with Gasteiger partial charge in [-0.2, -0.15) is 0 Å². The fourth-order valence-electron chi connectivity index (χ4n) is 3.44. The molecule has 0 spiro atoms. The maximum atomic E-state index is 12.1. The quantitative estimate of drug-likeness (QED) is 0.672. The molecule has 2 aromatic carbocycles. The molecule has 0 aliphatic heterocycles. The van der Waals surface area contributed by atoms with Crippen LogP contribution in [0.4, 0.5) is 0 Å². The zero-order chi connectivity index (χ0) is 19.3. The number of carbonyl (C=O) groups excluding carboxylic acids is 1. The zero-order valence-electron chi connectivity index (χ0n) is 15.1. The van der Waals surface area contributed by atoms with Crippen molar-refractivity contribution in [2.75, 3.05) is 13.1 Å². The summed E-state index contributed by atoms with van der Waals surface area (Å²) in [5.74, 6) is -0.0424. The number of nitrogens with two attached hydrogens (primary N) is 1. The van der Waals surface area contributed by atoms with E-state index in [-0.39, 0.29) is 23.4 Å². The highest BCUT2D eigenvalue weighted by molar-refractivity contribution is 7.89. The molecule has 0 aromatic heterocycles. The standard InChI is InChI=1S/C20H25N3O3S/c21-27(25,26)17-10-8-15(9-11-17)12-13-22-20(24)14-23-19-7-3-5-16-4-1-2-6-18(16)19/h1-2,4,6,8-11,19,23H,3,5,7,12-14H2,(H,22,24)(H2,21,25,26)/t19-/m0/s1. The van der Waals surface area contributed by atoms with Crippen LogP contribution in [0.2, 0.25) is 0 Å². The van der Waals surface area contributed by atoms with Crippen molar-refractivity contribution in [3.05, 3.63) is 65.2 Å². The monoisotopic (exact) mass is 387 g/mol. The molecule has 144 valence electrons. The maximum Gasteiger partial charge on any atom is 0.238 e. The van der Waals surface area contributed by atoms with Crippen LogP contribution >= 0.6 is 0 Å². The first-order valence-electron chi connectivity index (χ1n) is 9.13. The van der Waals surface area contributed by atoms with Crippen molar-refractivity contribution in [3.63, 3.8) is 0 Å². The Kier molecular flexibility index (Phi) is 6.26. The topological polar surface area (TPSA) is 101 Å². The van der Waals surface area contributed by atoms with Gasteiger partial charge in [-0.15, -0.1) is 0 Å². The van der Waals surface area contributed by atoms with Crippen LogP contribution < -0.4 is 15.8 Å². The van der Waals surface area contributed by atoms with Crippen LogP contribution in [-0.2, 0) is 27.7 Å². The van der Waals surface area contributed by atoms with E-state index in [1.807, 2.05) is 6.07 Å². The van der Waals surface area contributed by atoms with E-state index < -0.39 is 10.0 Å². The van der Waals surface area contributed by atoms with Crippen LogP contribution in [0.25, 0.3) is 0 Å². The average molecular weight is 388 g/mol. The molecule has 27 heavy (non-hydrogen) atoms. The van der Waals surface area contributed by atoms with Crippen LogP contribution in [-0.4, -0.2) is 27.4 Å². The number of nitrogens with one attached hydrogen (secondary N) is 2. The number of primary sulfonamides is 1. The third-order valence-corrected chi connectivity index (χ3v) is 5.80. The van der Waals surface area contributed by atoms with Crippen molar-refractivity contribution < 1.29 is 13.2 Å². The van der Waals surface area contributed by atoms with Crippen molar-refractivity contribution in [2.24, 2.45) is 5.14 Å². The molecule has 0 saturated carbocycles. The number of amides is 1. The SMILES string of the molecule is NS(=O)(=O)c1ccc(CCNC(=O)CN[C@H]2CCCc3ccccc32)cc1. The summed E-state index contributed by atoms with van der Waals surface area (Å²) in [6.45, 7) is 0.778. The molecule has 6 nitrogen and oxygen atoms in total. The van der Waals surface area contributed by atoms with E-state index in [0.717, 1.165) is 24.8 Å². The van der Waals surface area contributed by atoms with Crippen molar-refractivity contribution in [1.82, 2.24) is 10.6 Å². The van der Waals surface area contributed by atoms with Gasteiger partial charge < -0.3 is 10.6 Å². The first-order valence-corrected chi connectivity index (χ1v) is 10.7. The van der Waals surface area contributed by atoms with Gasteiger partial charge in [0.15, 0.2) is 0 Å². The molecule has 7 heteroatoms. The summed E-state index contributed by atoms with van der Waals surface area (Å²) in [6, 6.07) is 15.0. The van der Waals surface area contributed by atoms with Crippen LogP contribution in [0.1, 0.15) is 35.6 Å². The van der Waals surface area contributed by atoms with Gasteiger partial charge in [0.1, 0.15) is 0 Å². The first kappa shape index (κ1) is 19.5. The van der Waals surface area contributed by atoms with Gasteiger partial charge in [0.2, 0.25) is 15.9 Å². The predicted molar refractivity (Wildman–Crippen MR) is 105 cm³/mol. The molecule has 0 heterocycles. The van der Waals surface area contributed by atoms with Gasteiger partial charge in [-0.05, 0) is 54.5 Å². The number of benzene rings is 2. The number of rotatable bonds is 7. The van der Waals surface area contributed by atoms with E-state index in [9.17, 15) is 13.2 Å². The molecule has 2 aromatic rings. The lowest BCUT2D eigenvalue weighted by Crippen LogP contribution is -2.37. The average Bonchev–Trinajstić information content (AvgIpc) is 2.66. The highest BCUT2D eigenvalue weighted by Crippen LogP contribution is 2.29. The Balaban J connectivity index is 1.43. The van der Waals surface area contributed by atoms with Gasteiger partial charge in [0.05, 0.1) is 11.4 Å². The predicted octanol–water partition coefficient (Wildman–Crippen LogP) is 1.66. The molecule has 4 N–H and O–H groups in total. The van der Waals surface area contributed by atoms with Crippen LogP contribution in [0.5, 0.6) is 0 Å². The molecule has 0 bridgehead atoms. The molecule has 1 amide bonds. The first-order chi connectivity index (χ1) is 12.9. The lowest BCUT2D eigenvalue weighted by atomic mass is 9.88. The molecule has 1 atom stereocenters. The summed E-state index contributed by atoms with van der Waals surface area (Å²) in [5, 5.41) is 11.3. The van der Waals surface area contributed by atoms with Crippen molar-refractivity contribution >= 4 is 15.9 Å². The molecule has 0 fully saturated rings. The Labute approximate surface area is 160 Å². The smallest absolute Gasteiger partial charge is 0.238 e. The second-order valence-corrected chi connectivity index (χ2v) is 8.37. The fraction of sp³-hybridized carbons (Fsp3) is 0.350. The minimum Gasteiger partial charge on any atom is -0.355 e. The molecule has 0 radical (unpaired) electrons. The molecular formula is C20H25N3O3S. The fourth-order valence-corrected chi connectivity index (χ4v) is 3.95. The van der Waals surface area contributed by atoms with E-state index in [4.69, 9.17) is 5.14 Å². The Hall–Kier alpha value is -2.22. The molecule has 1 aliphatic carbocycles. The number of fused-ring (bicyclic) bond motifs is 1. The minimum atomic E-state index is -3.67. The maximum absolute atomic E-state index is 12.1. The van der Waals surface area contributed by atoms with Gasteiger partial charge in [0.25, 0.3) is 0 Å². The zero-order valence-corrected chi connectivity index (χ0v) is 16.0. The summed E-state index contributed by atoms with van der Waals surface area (Å²) >= 11 is 0. The van der Waals surface area contributed by atoms with E-state index >= 15 is 0 Å². The number of carbonyl (C=O) groups is 1. The summed E-state index contributed by atoms with van der Waals surface area (Å²) in [4.78, 5) is 12.2. The van der Waals surface area contributed by atoms with Gasteiger partial charge in [-0.25, -0.2) is 13.6 Å². The largest absolute Gasteiger partial charge is 0.355 e. The van der Waals surface area contributed by atoms with Gasteiger partial charge in [-0.1, -0.05) is 36.4 Å². The number of aryl methyl sites for hydroxylation is 1. The number of hydrogen-bond acceptors (Lipinski definition) is 4. The van der Waals surface area contributed by atoms with E-state index in [2.05, 4.69) is 28.8 Å². The molecule has 1 aliphatic rings. The second-order valence-electron chi connectivity index (χ2n) is 6.81. The van der Waals surface area contributed by atoms with E-state index in [1.165, 1.54) is 23.3 Å². The highest BCUT2D eigenvalue weighted by Gasteiger charge is 2.19. The Morgan fingerprint density at radius 3 is 2.59 bits per heavy atom. The third kappa shape index (κ3) is 5.38. The van der Waals surface area contributed by atoms with E-state index in [1.54, 1.807) is 12.1 Å². The van der Waals surface area contributed by atoms with Crippen molar-refractivity contribution in [2.45, 2.75) is 36.6 Å². The minimum absolute atomic E-state index is 0.0424. The van der Waals surface area contributed by atoms with Gasteiger partial charge in [0, 0.05) is 12.6 Å². The van der Waals surface area contributed by atoms with Crippen molar-refractivity contribution in [3.8, 4) is 0 Å². The molecular weight excluding hydrogens is 362 g/mol. The Bertz CT molecular complexity index is 895. The Morgan fingerprint density at radius 2 is 1.85 bits per heavy atom. The molecule has 0 saturated heterocycles. The summed E-state index contributed by atoms with van der Waals surface area (Å²) in [7, 11) is -3.67. The van der Waals surface area contributed by atoms with Crippen LogP contribution in [0.3, 0.4) is 0 Å². The second kappa shape index (κ2) is 8.65. The lowest BCUT2D eigenvalue weighted by molar-refractivity contribution is -0.120. The van der Waals surface area contributed by atoms with Gasteiger partial charge >= 0.3 is 0 Å². The normalized spacial score (nSPS) is 16.6.